The molecule has 0 amide bonds. The maximum atomic E-state index is 7.65. The molecule has 2 heteroatoms. The van der Waals surface area contributed by atoms with Crippen LogP contribution in [0, 0.1) is 5.92 Å². The number of rotatable bonds is 1. The molecule has 64 valence electrons. The van der Waals surface area contributed by atoms with Gasteiger partial charge in [-0.1, -0.05) is 0 Å². The van der Waals surface area contributed by atoms with Crippen LogP contribution in [-0.2, 0) is 9.47 Å². The Morgan fingerprint density at radius 2 is 2.27 bits per heavy atom. The lowest BCUT2D eigenvalue weighted by Crippen LogP contribution is -2.28. The van der Waals surface area contributed by atoms with Crippen molar-refractivity contribution in [2.24, 2.45) is 5.92 Å². The van der Waals surface area contributed by atoms with Crippen LogP contribution in [0.4, 0.5) is 0 Å². The minimum absolute atomic E-state index is 0.101. The summed E-state index contributed by atoms with van der Waals surface area (Å²) in [6.45, 7) is 2.50. The summed E-state index contributed by atoms with van der Waals surface area (Å²) in [5, 5.41) is 0. The molecule has 0 aliphatic carbocycles. The van der Waals surface area contributed by atoms with Crippen molar-refractivity contribution in [3.63, 3.8) is 0 Å². The van der Waals surface area contributed by atoms with E-state index in [1.165, 1.54) is 0 Å². The second kappa shape index (κ2) is 3.55. The van der Waals surface area contributed by atoms with E-state index in [0.29, 0.717) is 12.0 Å². The van der Waals surface area contributed by atoms with Crippen molar-refractivity contribution >= 4 is 0 Å². The molecule has 2 rings (SSSR count). The molecule has 0 radical (unpaired) electrons. The van der Waals surface area contributed by atoms with E-state index in [-0.39, 0.29) is 6.40 Å². The molecule has 11 heavy (non-hydrogen) atoms. The molecular formula is C9H16O2. The summed E-state index contributed by atoms with van der Waals surface area (Å²) < 4.78 is 18.6. The second-order valence-electron chi connectivity index (χ2n) is 3.35. The smallest absolute Gasteiger partial charge is 0.0626 e. The van der Waals surface area contributed by atoms with Crippen LogP contribution >= 0.6 is 0 Å². The molecular weight excluding hydrogens is 140 g/mol. The third kappa shape index (κ3) is 1.74. The van der Waals surface area contributed by atoms with Gasteiger partial charge in [0.2, 0.25) is 0 Å². The van der Waals surface area contributed by atoms with E-state index >= 15 is 0 Å². The lowest BCUT2D eigenvalue weighted by molar-refractivity contribution is -0.0226. The van der Waals surface area contributed by atoms with Crippen molar-refractivity contribution in [3.05, 3.63) is 0 Å². The fourth-order valence-electron chi connectivity index (χ4n) is 1.83. The zero-order valence-corrected chi connectivity index (χ0v) is 6.79. The van der Waals surface area contributed by atoms with Gasteiger partial charge >= 0.3 is 0 Å². The van der Waals surface area contributed by atoms with Gasteiger partial charge in [-0.2, -0.15) is 0 Å². The van der Waals surface area contributed by atoms with Crippen LogP contribution in [0.15, 0.2) is 0 Å². The molecule has 2 fully saturated rings. The van der Waals surface area contributed by atoms with E-state index in [0.717, 1.165) is 39.1 Å². The molecule has 0 N–H and O–H groups in total. The molecule has 2 nitrogen and oxygen atoms in total. The molecule has 2 saturated heterocycles. The summed E-state index contributed by atoms with van der Waals surface area (Å²) in [6.07, 6.45) is 3.35. The minimum Gasteiger partial charge on any atom is -0.381 e. The van der Waals surface area contributed by atoms with E-state index in [2.05, 4.69) is 0 Å². The van der Waals surface area contributed by atoms with Gasteiger partial charge in [0.25, 0.3) is 0 Å². The van der Waals surface area contributed by atoms with Gasteiger partial charge in [0, 0.05) is 20.5 Å². The Morgan fingerprint density at radius 3 is 3.00 bits per heavy atom. The summed E-state index contributed by atoms with van der Waals surface area (Å²) in [5.74, 6) is 0.568. The van der Waals surface area contributed by atoms with Crippen molar-refractivity contribution < 1.29 is 10.8 Å². The van der Waals surface area contributed by atoms with Crippen molar-refractivity contribution in [1.82, 2.24) is 0 Å². The summed E-state index contributed by atoms with van der Waals surface area (Å²) in [6, 6.07) is 0. The number of hydrogen-bond donors (Lipinski definition) is 0. The first-order valence-electron chi connectivity index (χ1n) is 5.05. The summed E-state index contributed by atoms with van der Waals surface area (Å²) in [4.78, 5) is 0. The normalized spacial score (nSPS) is 47.3. The van der Waals surface area contributed by atoms with Gasteiger partial charge in [0.1, 0.15) is 0 Å². The Balaban J connectivity index is 1.85. The quantitative estimate of drug-likeness (QED) is 0.575. The largest absolute Gasteiger partial charge is 0.381 e. The van der Waals surface area contributed by atoms with E-state index in [9.17, 15) is 0 Å². The molecule has 0 aromatic rings. The van der Waals surface area contributed by atoms with Crippen LogP contribution in [0.5, 0.6) is 0 Å². The van der Waals surface area contributed by atoms with E-state index in [4.69, 9.17) is 10.8 Å². The standard InChI is InChI=1S/C9H16O2/c1-2-5-11-9(3-1)8-4-6-10-7-8/h8-9H,1-7H2/i1D. The maximum absolute atomic E-state index is 7.65. The SMILES string of the molecule is [2H]C1CCOC(C2CCOC2)C1. The average Bonchev–Trinajstić information content (AvgIpc) is 2.56. The van der Waals surface area contributed by atoms with Gasteiger partial charge in [-0.3, -0.25) is 0 Å². The predicted molar refractivity (Wildman–Crippen MR) is 42.5 cm³/mol. The first-order chi connectivity index (χ1) is 5.86. The average molecular weight is 157 g/mol. The first kappa shape index (κ1) is 6.44. The van der Waals surface area contributed by atoms with Gasteiger partial charge in [0.05, 0.1) is 12.7 Å². The Hall–Kier alpha value is -0.0800. The highest BCUT2D eigenvalue weighted by molar-refractivity contribution is 4.76. The second-order valence-corrected chi connectivity index (χ2v) is 3.35. The monoisotopic (exact) mass is 157 g/mol. The van der Waals surface area contributed by atoms with Crippen LogP contribution in [0.2, 0.25) is 0 Å². The van der Waals surface area contributed by atoms with Crippen molar-refractivity contribution in [2.45, 2.75) is 31.8 Å². The zero-order valence-electron chi connectivity index (χ0n) is 7.79. The van der Waals surface area contributed by atoms with Gasteiger partial charge in [0.15, 0.2) is 0 Å². The maximum Gasteiger partial charge on any atom is 0.0626 e. The molecule has 0 aromatic carbocycles. The molecule has 2 heterocycles. The summed E-state index contributed by atoms with van der Waals surface area (Å²) >= 11 is 0. The van der Waals surface area contributed by atoms with Crippen LogP contribution in [0.25, 0.3) is 0 Å². The molecule has 0 aromatic heterocycles. The molecule has 0 saturated carbocycles. The Bertz CT molecular complexity index is 145. The highest BCUT2D eigenvalue weighted by Gasteiger charge is 2.27. The topological polar surface area (TPSA) is 18.5 Å². The van der Waals surface area contributed by atoms with Gasteiger partial charge in [-0.15, -0.1) is 0 Å². The Labute approximate surface area is 69.3 Å². The van der Waals surface area contributed by atoms with E-state index < -0.39 is 0 Å². The Kier molecular flexibility index (Phi) is 2.08. The highest BCUT2D eigenvalue weighted by Crippen LogP contribution is 2.25. The zero-order chi connectivity index (χ0) is 8.39. The molecule has 2 aliphatic heterocycles. The number of hydrogen-bond acceptors (Lipinski definition) is 2. The van der Waals surface area contributed by atoms with Crippen LogP contribution in [0.3, 0.4) is 0 Å². The minimum atomic E-state index is 0.101. The highest BCUT2D eigenvalue weighted by atomic mass is 16.5. The Morgan fingerprint density at radius 1 is 1.27 bits per heavy atom. The molecule has 3 atom stereocenters. The van der Waals surface area contributed by atoms with Crippen LogP contribution in [0.1, 0.15) is 27.0 Å². The fraction of sp³-hybridized carbons (Fsp3) is 1.00. The van der Waals surface area contributed by atoms with Gasteiger partial charge in [-0.25, -0.2) is 0 Å². The molecule has 2 aliphatic rings. The molecule has 3 unspecified atom stereocenters. The molecule has 0 spiro atoms. The lowest BCUT2D eigenvalue weighted by atomic mass is 9.95. The summed E-state index contributed by atoms with van der Waals surface area (Å²) in [5.41, 5.74) is 0. The first-order valence-corrected chi connectivity index (χ1v) is 4.48. The summed E-state index contributed by atoms with van der Waals surface area (Å²) in [7, 11) is 0. The third-order valence-corrected chi connectivity index (χ3v) is 2.54. The van der Waals surface area contributed by atoms with Gasteiger partial charge < -0.3 is 9.47 Å². The molecule has 0 bridgehead atoms. The number of ether oxygens (including phenoxy) is 2. The van der Waals surface area contributed by atoms with Gasteiger partial charge in [-0.05, 0) is 25.7 Å². The third-order valence-electron chi connectivity index (χ3n) is 2.54. The van der Waals surface area contributed by atoms with Crippen LogP contribution in [-0.4, -0.2) is 25.9 Å². The van der Waals surface area contributed by atoms with Crippen molar-refractivity contribution in [1.29, 1.82) is 0 Å². The van der Waals surface area contributed by atoms with Crippen LogP contribution < -0.4 is 0 Å². The van der Waals surface area contributed by atoms with Crippen molar-refractivity contribution in [3.8, 4) is 0 Å². The van der Waals surface area contributed by atoms with E-state index in [1.54, 1.807) is 0 Å². The van der Waals surface area contributed by atoms with Crippen molar-refractivity contribution in [2.75, 3.05) is 19.8 Å². The van der Waals surface area contributed by atoms with E-state index in [1.807, 2.05) is 0 Å². The lowest BCUT2D eigenvalue weighted by Gasteiger charge is -2.26. The predicted octanol–water partition coefficient (Wildman–Crippen LogP) is 1.59. The fourth-order valence-corrected chi connectivity index (χ4v) is 1.83.